The topological polar surface area (TPSA) is 83.5 Å². The summed E-state index contributed by atoms with van der Waals surface area (Å²) in [5.41, 5.74) is -0.501. The van der Waals surface area contributed by atoms with E-state index in [1.807, 2.05) is 44.2 Å². The first-order valence-electron chi connectivity index (χ1n) is 13.6. The van der Waals surface area contributed by atoms with Gasteiger partial charge in [0.25, 0.3) is 0 Å². The molecule has 4 fully saturated rings. The molecule has 204 valence electrons. The van der Waals surface area contributed by atoms with Gasteiger partial charge >= 0.3 is 0 Å². The molecule has 1 aliphatic heterocycles. The lowest BCUT2D eigenvalue weighted by Gasteiger charge is -2.60. The highest BCUT2D eigenvalue weighted by Gasteiger charge is 2.78. The zero-order chi connectivity index (χ0) is 26.5. The molecule has 0 unspecified atom stereocenters. The number of benzene rings is 1. The van der Waals surface area contributed by atoms with Crippen LogP contribution in [0.3, 0.4) is 0 Å². The molecule has 7 atom stereocenters. The Hall–Kier alpha value is -1.39. The van der Waals surface area contributed by atoms with Crippen molar-refractivity contribution in [1.82, 2.24) is 0 Å². The average molecular weight is 531 g/mol. The van der Waals surface area contributed by atoms with Crippen LogP contribution in [-0.4, -0.2) is 69.2 Å². The molecule has 0 amide bonds. The van der Waals surface area contributed by atoms with E-state index in [0.29, 0.717) is 38.4 Å². The minimum atomic E-state index is -1.16. The van der Waals surface area contributed by atoms with Gasteiger partial charge in [0.1, 0.15) is 18.7 Å². The van der Waals surface area contributed by atoms with Crippen molar-refractivity contribution in [3.8, 4) is 0 Å². The molecule has 37 heavy (non-hydrogen) atoms. The number of hydrogen-bond donors (Lipinski definition) is 1. The van der Waals surface area contributed by atoms with Gasteiger partial charge in [0.2, 0.25) is 0 Å². The monoisotopic (exact) mass is 530 g/mol. The molecule has 4 bridgehead atoms. The molecule has 1 aromatic carbocycles. The van der Waals surface area contributed by atoms with E-state index >= 15 is 0 Å². The standard InChI is InChI=1S/C29H42O7Si/c1-27(2)35-26-22-14-28(31)13-21(15-30)29(26,36-27)25(28)24(18-33-16-20-9-7-6-8-10-20)23(22)17-34-19-32-11-12-37(3,4)5/h6-10,13,15,22-26,31H,11-12,14,16-19H2,1-5H3/t22-,23+,24-,25-,26+,28-,29-/m0/s1. The molecule has 7 nitrogen and oxygen atoms in total. The van der Waals surface area contributed by atoms with Gasteiger partial charge in [0.05, 0.1) is 31.5 Å². The van der Waals surface area contributed by atoms with Crippen LogP contribution in [0.15, 0.2) is 42.0 Å². The Morgan fingerprint density at radius 1 is 1.08 bits per heavy atom. The summed E-state index contributed by atoms with van der Waals surface area (Å²) in [7, 11) is -1.16. The molecule has 0 radical (unpaired) electrons. The largest absolute Gasteiger partial charge is 0.385 e. The second kappa shape index (κ2) is 9.97. The number of aldehydes is 1. The van der Waals surface area contributed by atoms with Crippen LogP contribution in [0.2, 0.25) is 25.7 Å². The van der Waals surface area contributed by atoms with Crippen LogP contribution in [0.25, 0.3) is 0 Å². The van der Waals surface area contributed by atoms with Crippen molar-refractivity contribution in [2.24, 2.45) is 23.7 Å². The second-order valence-corrected chi connectivity index (χ2v) is 18.5. The quantitative estimate of drug-likeness (QED) is 0.188. The summed E-state index contributed by atoms with van der Waals surface area (Å²) >= 11 is 0. The SMILES string of the molecule is CC1(C)O[C@@H]2[C@H]3C[C@@]4(O)C=C(C=O)[C@]2(O1)[C@H]4[C@@H](COCc1ccccc1)[C@@H]3COCOCC[Si](C)(C)C. The Labute approximate surface area is 221 Å². The number of ether oxygens (including phenoxy) is 5. The molecule has 1 saturated heterocycles. The summed E-state index contributed by atoms with van der Waals surface area (Å²) in [6.45, 7) is 13.1. The maximum atomic E-state index is 12.3. The first kappa shape index (κ1) is 27.2. The summed E-state index contributed by atoms with van der Waals surface area (Å²) in [6, 6.07) is 11.2. The lowest BCUT2D eigenvalue weighted by molar-refractivity contribution is -0.236. The highest BCUT2D eigenvalue weighted by molar-refractivity contribution is 6.76. The van der Waals surface area contributed by atoms with Crippen molar-refractivity contribution in [1.29, 1.82) is 0 Å². The Morgan fingerprint density at radius 2 is 1.81 bits per heavy atom. The van der Waals surface area contributed by atoms with Crippen LogP contribution in [0, 0.1) is 23.7 Å². The lowest BCUT2D eigenvalue weighted by atomic mass is 9.48. The van der Waals surface area contributed by atoms with Gasteiger partial charge in [-0.15, -0.1) is 0 Å². The van der Waals surface area contributed by atoms with Gasteiger partial charge in [-0.25, -0.2) is 0 Å². The Bertz CT molecular complexity index is 1010. The number of carbonyl (C=O) groups is 1. The third-order valence-corrected chi connectivity index (χ3v) is 10.3. The molecule has 1 aromatic rings. The normalized spacial score (nSPS) is 37.5. The summed E-state index contributed by atoms with van der Waals surface area (Å²) in [5.74, 6) is -1.25. The van der Waals surface area contributed by atoms with Gasteiger partial charge in [-0.3, -0.25) is 4.79 Å². The number of rotatable bonds is 12. The van der Waals surface area contributed by atoms with E-state index in [9.17, 15) is 9.90 Å². The van der Waals surface area contributed by atoms with Gasteiger partial charge in [0.15, 0.2) is 5.79 Å². The molecular formula is C29H42O7Si. The molecule has 4 aliphatic carbocycles. The number of carbonyl (C=O) groups excluding carboxylic acids is 1. The summed E-state index contributed by atoms with van der Waals surface area (Å²) in [6.07, 6.45) is 2.78. The fourth-order valence-electron chi connectivity index (χ4n) is 7.23. The Balaban J connectivity index is 1.35. The van der Waals surface area contributed by atoms with Crippen molar-refractivity contribution in [3.63, 3.8) is 0 Å². The molecular weight excluding hydrogens is 488 g/mol. The lowest BCUT2D eigenvalue weighted by Crippen LogP contribution is -2.70. The fourth-order valence-corrected chi connectivity index (χ4v) is 7.99. The third-order valence-electron chi connectivity index (χ3n) is 8.61. The minimum Gasteiger partial charge on any atom is -0.385 e. The van der Waals surface area contributed by atoms with Crippen LogP contribution in [0.5, 0.6) is 0 Å². The van der Waals surface area contributed by atoms with Crippen LogP contribution in [0.4, 0.5) is 0 Å². The zero-order valence-electron chi connectivity index (χ0n) is 22.8. The number of hydrogen-bond acceptors (Lipinski definition) is 7. The van der Waals surface area contributed by atoms with E-state index in [1.165, 1.54) is 0 Å². The second-order valence-electron chi connectivity index (χ2n) is 12.9. The summed E-state index contributed by atoms with van der Waals surface area (Å²) in [5, 5.41) is 11.9. The summed E-state index contributed by atoms with van der Waals surface area (Å²) in [4.78, 5) is 12.3. The molecule has 1 spiro atoms. The van der Waals surface area contributed by atoms with Gasteiger partial charge < -0.3 is 28.8 Å². The zero-order valence-corrected chi connectivity index (χ0v) is 23.8. The first-order valence-corrected chi connectivity index (χ1v) is 17.3. The van der Waals surface area contributed by atoms with E-state index < -0.39 is 25.1 Å². The maximum Gasteiger partial charge on any atom is 0.164 e. The summed E-state index contributed by atoms with van der Waals surface area (Å²) < 4.78 is 31.2. The van der Waals surface area contributed by atoms with Gasteiger partial charge in [-0.2, -0.15) is 0 Å². The third kappa shape index (κ3) is 5.02. The predicted molar refractivity (Wildman–Crippen MR) is 141 cm³/mol. The Morgan fingerprint density at radius 3 is 2.51 bits per heavy atom. The molecule has 5 aliphatic rings. The Kier molecular flexibility index (Phi) is 7.33. The van der Waals surface area contributed by atoms with E-state index in [-0.39, 0.29) is 36.6 Å². The highest BCUT2D eigenvalue weighted by Crippen LogP contribution is 2.69. The van der Waals surface area contributed by atoms with Crippen molar-refractivity contribution in [2.45, 2.75) is 75.7 Å². The maximum absolute atomic E-state index is 12.3. The molecule has 0 aromatic heterocycles. The van der Waals surface area contributed by atoms with Crippen molar-refractivity contribution < 1.29 is 33.6 Å². The van der Waals surface area contributed by atoms with Crippen molar-refractivity contribution >= 4 is 14.4 Å². The van der Waals surface area contributed by atoms with Gasteiger partial charge in [0, 0.05) is 26.2 Å². The van der Waals surface area contributed by atoms with Crippen LogP contribution >= 0.6 is 0 Å². The van der Waals surface area contributed by atoms with Crippen molar-refractivity contribution in [2.75, 3.05) is 26.6 Å². The number of fused-ring (bicyclic) bond motifs is 1. The smallest absolute Gasteiger partial charge is 0.164 e. The minimum absolute atomic E-state index is 0.0437. The van der Waals surface area contributed by atoms with Crippen LogP contribution in [-0.2, 0) is 35.1 Å². The average Bonchev–Trinajstić information content (AvgIpc) is 3.23. The van der Waals surface area contributed by atoms with Gasteiger partial charge in [-0.1, -0.05) is 50.0 Å². The first-order chi connectivity index (χ1) is 17.5. The van der Waals surface area contributed by atoms with Crippen LogP contribution < -0.4 is 0 Å². The molecule has 3 saturated carbocycles. The fraction of sp³-hybridized carbons (Fsp3) is 0.690. The van der Waals surface area contributed by atoms with Crippen molar-refractivity contribution in [3.05, 3.63) is 47.5 Å². The molecule has 1 heterocycles. The molecule has 6 rings (SSSR count). The highest BCUT2D eigenvalue weighted by atomic mass is 28.3. The molecule has 8 heteroatoms. The van der Waals surface area contributed by atoms with Crippen LogP contribution in [0.1, 0.15) is 25.8 Å². The van der Waals surface area contributed by atoms with E-state index in [4.69, 9.17) is 23.7 Å². The van der Waals surface area contributed by atoms with E-state index in [0.717, 1.165) is 17.9 Å². The van der Waals surface area contributed by atoms with E-state index in [1.54, 1.807) is 6.08 Å². The van der Waals surface area contributed by atoms with E-state index in [2.05, 4.69) is 19.6 Å². The predicted octanol–water partition coefficient (Wildman–Crippen LogP) is 4.17. The number of aliphatic hydroxyl groups is 1. The van der Waals surface area contributed by atoms with Gasteiger partial charge in [-0.05, 0) is 55.7 Å². The molecule has 1 N–H and O–H groups in total.